The van der Waals surface area contributed by atoms with E-state index < -0.39 is 0 Å². The molecule has 1 N–H and O–H groups in total. The van der Waals surface area contributed by atoms with Gasteiger partial charge < -0.3 is 14.5 Å². The predicted molar refractivity (Wildman–Crippen MR) is 104 cm³/mol. The van der Waals surface area contributed by atoms with Crippen molar-refractivity contribution in [3.63, 3.8) is 0 Å². The van der Waals surface area contributed by atoms with Crippen LogP contribution in [0.5, 0.6) is 5.75 Å². The van der Waals surface area contributed by atoms with Crippen molar-refractivity contribution in [1.29, 1.82) is 0 Å². The SMILES string of the molecule is CCCc1nc(C)c(C(=O)NC(C)c2cc3cccc(OCC)c3o2)s1. The smallest absolute Gasteiger partial charge is 0.263 e. The molecule has 138 valence electrons. The van der Waals surface area contributed by atoms with Gasteiger partial charge in [0.1, 0.15) is 10.6 Å². The van der Waals surface area contributed by atoms with E-state index in [1.807, 2.05) is 45.0 Å². The predicted octanol–water partition coefficient (Wildman–Crippen LogP) is 5.04. The van der Waals surface area contributed by atoms with Crippen LogP contribution in [0.15, 0.2) is 28.7 Å². The van der Waals surface area contributed by atoms with Crippen LogP contribution in [0.4, 0.5) is 0 Å². The highest BCUT2D eigenvalue weighted by Crippen LogP contribution is 2.31. The molecule has 5 nitrogen and oxygen atoms in total. The monoisotopic (exact) mass is 372 g/mol. The van der Waals surface area contributed by atoms with Crippen LogP contribution in [0.3, 0.4) is 0 Å². The minimum Gasteiger partial charge on any atom is -0.490 e. The summed E-state index contributed by atoms with van der Waals surface area (Å²) in [5.74, 6) is 1.31. The second kappa shape index (κ2) is 7.91. The van der Waals surface area contributed by atoms with Crippen LogP contribution in [0.1, 0.15) is 59.4 Å². The molecule has 0 saturated heterocycles. The van der Waals surface area contributed by atoms with Gasteiger partial charge in [0.05, 0.1) is 23.4 Å². The van der Waals surface area contributed by atoms with E-state index in [2.05, 4.69) is 17.2 Å². The summed E-state index contributed by atoms with van der Waals surface area (Å²) in [6, 6.07) is 7.50. The molecule has 1 amide bonds. The fourth-order valence-corrected chi connectivity index (χ4v) is 3.93. The van der Waals surface area contributed by atoms with Crippen LogP contribution in [0, 0.1) is 6.92 Å². The van der Waals surface area contributed by atoms with Crippen molar-refractivity contribution in [1.82, 2.24) is 10.3 Å². The average Bonchev–Trinajstić information content (AvgIpc) is 3.20. The minimum atomic E-state index is -0.250. The van der Waals surface area contributed by atoms with Gasteiger partial charge in [-0.05, 0) is 45.7 Å². The number of benzene rings is 1. The Morgan fingerprint density at radius 3 is 2.92 bits per heavy atom. The van der Waals surface area contributed by atoms with Crippen molar-refractivity contribution in [2.75, 3.05) is 6.61 Å². The van der Waals surface area contributed by atoms with E-state index in [4.69, 9.17) is 9.15 Å². The minimum absolute atomic E-state index is 0.111. The lowest BCUT2D eigenvalue weighted by Crippen LogP contribution is -2.26. The first-order valence-corrected chi connectivity index (χ1v) is 9.77. The van der Waals surface area contributed by atoms with E-state index in [9.17, 15) is 4.79 Å². The van der Waals surface area contributed by atoms with Crippen LogP contribution in [-0.4, -0.2) is 17.5 Å². The summed E-state index contributed by atoms with van der Waals surface area (Å²) >= 11 is 1.47. The molecule has 3 aromatic rings. The van der Waals surface area contributed by atoms with Crippen LogP contribution < -0.4 is 10.1 Å². The number of aryl methyl sites for hydroxylation is 2. The molecule has 1 aromatic carbocycles. The third kappa shape index (κ3) is 3.75. The highest BCUT2D eigenvalue weighted by Gasteiger charge is 2.20. The number of hydrogen-bond acceptors (Lipinski definition) is 5. The Morgan fingerprint density at radius 2 is 2.19 bits per heavy atom. The van der Waals surface area contributed by atoms with Gasteiger partial charge >= 0.3 is 0 Å². The van der Waals surface area contributed by atoms with Crippen LogP contribution in [-0.2, 0) is 6.42 Å². The molecule has 0 fully saturated rings. The molecular weight excluding hydrogens is 348 g/mol. The standard InChI is InChI=1S/C20H24N2O3S/c1-5-8-17-21-13(4)19(26-17)20(23)22-12(3)16-11-14-9-7-10-15(24-6-2)18(14)25-16/h7,9-12H,5-6,8H2,1-4H3,(H,22,23). The molecule has 0 bridgehead atoms. The van der Waals surface area contributed by atoms with E-state index in [0.29, 0.717) is 22.8 Å². The molecule has 0 aliphatic heterocycles. The lowest BCUT2D eigenvalue weighted by atomic mass is 10.2. The van der Waals surface area contributed by atoms with Gasteiger partial charge in [-0.2, -0.15) is 0 Å². The van der Waals surface area contributed by atoms with E-state index in [-0.39, 0.29) is 11.9 Å². The molecule has 1 atom stereocenters. The fraction of sp³-hybridized carbons (Fsp3) is 0.400. The number of furan rings is 1. The topological polar surface area (TPSA) is 64.4 Å². The van der Waals surface area contributed by atoms with Gasteiger partial charge in [0.15, 0.2) is 11.3 Å². The Labute approximate surface area is 157 Å². The summed E-state index contributed by atoms with van der Waals surface area (Å²) in [7, 11) is 0. The number of carbonyl (C=O) groups excluding carboxylic acids is 1. The molecule has 0 aliphatic carbocycles. The van der Waals surface area contributed by atoms with E-state index in [1.165, 1.54) is 11.3 Å². The summed E-state index contributed by atoms with van der Waals surface area (Å²) in [6.07, 6.45) is 1.92. The highest BCUT2D eigenvalue weighted by atomic mass is 32.1. The molecule has 2 aromatic heterocycles. The molecule has 0 spiro atoms. The van der Waals surface area contributed by atoms with Crippen LogP contribution >= 0.6 is 11.3 Å². The van der Waals surface area contributed by atoms with Crippen molar-refractivity contribution < 1.29 is 13.9 Å². The number of carbonyl (C=O) groups is 1. The summed E-state index contributed by atoms with van der Waals surface area (Å²) < 4.78 is 11.6. The largest absolute Gasteiger partial charge is 0.490 e. The van der Waals surface area contributed by atoms with Gasteiger partial charge in [0.2, 0.25) is 0 Å². The average molecular weight is 372 g/mol. The number of aromatic nitrogens is 1. The third-order valence-corrected chi connectivity index (χ3v) is 5.33. The van der Waals surface area contributed by atoms with Gasteiger partial charge in [-0.15, -0.1) is 11.3 Å². The normalized spacial score (nSPS) is 12.3. The maximum absolute atomic E-state index is 12.6. The molecule has 0 aliphatic rings. The number of nitrogens with zero attached hydrogens (tertiary/aromatic N) is 1. The first kappa shape index (κ1) is 18.5. The van der Waals surface area contributed by atoms with Gasteiger partial charge in [-0.25, -0.2) is 4.98 Å². The van der Waals surface area contributed by atoms with Gasteiger partial charge in [-0.1, -0.05) is 19.1 Å². The number of ether oxygens (including phenoxy) is 1. The van der Waals surface area contributed by atoms with Gasteiger partial charge in [-0.3, -0.25) is 4.79 Å². The molecule has 0 saturated carbocycles. The van der Waals surface area contributed by atoms with Crippen molar-refractivity contribution in [3.8, 4) is 5.75 Å². The zero-order valence-corrected chi connectivity index (χ0v) is 16.4. The van der Waals surface area contributed by atoms with Crippen LogP contribution in [0.25, 0.3) is 11.0 Å². The lowest BCUT2D eigenvalue weighted by molar-refractivity contribution is 0.0939. The Kier molecular flexibility index (Phi) is 5.61. The molecule has 6 heteroatoms. The van der Waals surface area contributed by atoms with E-state index in [0.717, 1.165) is 34.7 Å². The Bertz CT molecular complexity index is 913. The third-order valence-electron chi connectivity index (χ3n) is 4.11. The number of hydrogen-bond donors (Lipinski definition) is 1. The summed E-state index contributed by atoms with van der Waals surface area (Å²) in [6.45, 7) is 8.42. The van der Waals surface area contributed by atoms with Gasteiger partial charge in [0.25, 0.3) is 5.91 Å². The Hall–Kier alpha value is -2.34. The molecule has 2 heterocycles. The summed E-state index contributed by atoms with van der Waals surface area (Å²) in [5.41, 5.74) is 1.50. The Balaban J connectivity index is 1.79. The number of nitrogens with one attached hydrogen (secondary N) is 1. The number of para-hydroxylation sites is 1. The number of amides is 1. The molecule has 26 heavy (non-hydrogen) atoms. The lowest BCUT2D eigenvalue weighted by Gasteiger charge is -2.10. The zero-order valence-electron chi connectivity index (χ0n) is 15.6. The van der Waals surface area contributed by atoms with E-state index in [1.54, 1.807) is 0 Å². The first-order chi connectivity index (χ1) is 12.5. The molecular formula is C20H24N2O3S. The van der Waals surface area contributed by atoms with Gasteiger partial charge in [0, 0.05) is 5.39 Å². The second-order valence-electron chi connectivity index (χ2n) is 6.22. The van der Waals surface area contributed by atoms with Crippen molar-refractivity contribution in [2.45, 2.75) is 46.6 Å². The second-order valence-corrected chi connectivity index (χ2v) is 7.31. The number of fused-ring (bicyclic) bond motifs is 1. The number of rotatable bonds is 7. The quantitative estimate of drug-likeness (QED) is 0.631. The van der Waals surface area contributed by atoms with Crippen molar-refractivity contribution >= 4 is 28.2 Å². The maximum atomic E-state index is 12.6. The molecule has 0 radical (unpaired) electrons. The highest BCUT2D eigenvalue weighted by molar-refractivity contribution is 7.13. The summed E-state index contributed by atoms with van der Waals surface area (Å²) in [4.78, 5) is 17.8. The van der Waals surface area contributed by atoms with Crippen LogP contribution in [0.2, 0.25) is 0 Å². The molecule has 3 rings (SSSR count). The zero-order chi connectivity index (χ0) is 18.7. The van der Waals surface area contributed by atoms with E-state index >= 15 is 0 Å². The summed E-state index contributed by atoms with van der Waals surface area (Å²) in [5, 5.41) is 4.99. The molecule has 1 unspecified atom stereocenters. The first-order valence-electron chi connectivity index (χ1n) is 8.95. The maximum Gasteiger partial charge on any atom is 0.263 e. The fourth-order valence-electron chi connectivity index (χ4n) is 2.86. The van der Waals surface area contributed by atoms with Crippen molar-refractivity contribution in [3.05, 3.63) is 45.6 Å². The number of thiazole rings is 1. The van der Waals surface area contributed by atoms with Crippen molar-refractivity contribution in [2.24, 2.45) is 0 Å². The Morgan fingerprint density at radius 1 is 1.38 bits per heavy atom.